The van der Waals surface area contributed by atoms with Gasteiger partial charge in [0.25, 0.3) is 0 Å². The van der Waals surface area contributed by atoms with Crippen molar-refractivity contribution in [1.82, 2.24) is 15.6 Å². The quantitative estimate of drug-likeness (QED) is 0.454. The van der Waals surface area contributed by atoms with Gasteiger partial charge in [0, 0.05) is 44.0 Å². The first-order chi connectivity index (χ1) is 15.6. The Labute approximate surface area is 188 Å². The maximum Gasteiger partial charge on any atom is 0.203 e. The summed E-state index contributed by atoms with van der Waals surface area (Å²) < 4.78 is 30.4. The van der Waals surface area contributed by atoms with Gasteiger partial charge in [-0.25, -0.2) is 9.37 Å². The van der Waals surface area contributed by atoms with Gasteiger partial charge in [-0.05, 0) is 38.0 Å². The minimum absolute atomic E-state index is 0.157. The van der Waals surface area contributed by atoms with Crippen LogP contribution < -0.4 is 29.7 Å². The first kappa shape index (κ1) is 23.4. The molecule has 2 N–H and O–H groups in total. The SMILES string of the molecule is CCNC(=NCCc1ccc(OC)c(OC)c1OC)NC1CCN(c2ncccc2F)C1. The van der Waals surface area contributed by atoms with E-state index in [2.05, 4.69) is 15.6 Å². The van der Waals surface area contributed by atoms with Crippen molar-refractivity contribution in [2.75, 3.05) is 52.4 Å². The Morgan fingerprint density at radius 1 is 1.19 bits per heavy atom. The molecule has 0 saturated carbocycles. The van der Waals surface area contributed by atoms with Crippen LogP contribution in [0.4, 0.5) is 10.2 Å². The zero-order valence-corrected chi connectivity index (χ0v) is 19.2. The zero-order valence-electron chi connectivity index (χ0n) is 19.2. The third-order valence-corrected chi connectivity index (χ3v) is 5.35. The normalized spacial score (nSPS) is 16.1. The summed E-state index contributed by atoms with van der Waals surface area (Å²) in [5, 5.41) is 6.75. The minimum atomic E-state index is -0.294. The Morgan fingerprint density at radius 3 is 2.69 bits per heavy atom. The molecular weight excluding hydrogens is 413 g/mol. The molecule has 1 saturated heterocycles. The molecule has 0 aliphatic carbocycles. The first-order valence-electron chi connectivity index (χ1n) is 10.8. The molecule has 0 bridgehead atoms. The number of benzene rings is 1. The molecule has 1 aliphatic rings. The zero-order chi connectivity index (χ0) is 22.9. The summed E-state index contributed by atoms with van der Waals surface area (Å²) in [4.78, 5) is 10.9. The van der Waals surface area contributed by atoms with Crippen LogP contribution in [0.1, 0.15) is 18.9 Å². The number of nitrogens with zero attached hydrogens (tertiary/aromatic N) is 3. The Hall–Kier alpha value is -3.23. The van der Waals surface area contributed by atoms with E-state index >= 15 is 0 Å². The maximum absolute atomic E-state index is 14.1. The van der Waals surface area contributed by atoms with Crippen LogP contribution in [0.15, 0.2) is 35.5 Å². The van der Waals surface area contributed by atoms with Crippen molar-refractivity contribution in [3.8, 4) is 17.2 Å². The molecule has 0 amide bonds. The Balaban J connectivity index is 1.63. The molecule has 3 rings (SSSR count). The topological polar surface area (TPSA) is 80.2 Å². The van der Waals surface area contributed by atoms with Gasteiger partial charge in [0.15, 0.2) is 29.1 Å². The summed E-state index contributed by atoms with van der Waals surface area (Å²) in [5.74, 6) is 2.71. The second-order valence-electron chi connectivity index (χ2n) is 7.39. The summed E-state index contributed by atoms with van der Waals surface area (Å²) in [7, 11) is 4.81. The van der Waals surface area contributed by atoms with E-state index in [0.29, 0.717) is 42.6 Å². The van der Waals surface area contributed by atoms with Crippen molar-refractivity contribution < 1.29 is 18.6 Å². The molecule has 1 aliphatic heterocycles. The van der Waals surface area contributed by atoms with Gasteiger partial charge in [-0.1, -0.05) is 6.07 Å². The van der Waals surface area contributed by atoms with E-state index < -0.39 is 0 Å². The summed E-state index contributed by atoms with van der Waals surface area (Å²) in [6, 6.07) is 7.04. The van der Waals surface area contributed by atoms with Gasteiger partial charge in [0.2, 0.25) is 5.75 Å². The monoisotopic (exact) mass is 445 g/mol. The van der Waals surface area contributed by atoms with Crippen molar-refractivity contribution in [3.05, 3.63) is 41.8 Å². The highest BCUT2D eigenvalue weighted by Gasteiger charge is 2.26. The molecule has 174 valence electrons. The molecule has 1 aromatic carbocycles. The number of nitrogens with one attached hydrogen (secondary N) is 2. The second kappa shape index (κ2) is 11.4. The van der Waals surface area contributed by atoms with Crippen molar-refractivity contribution in [2.45, 2.75) is 25.8 Å². The largest absolute Gasteiger partial charge is 0.493 e. The van der Waals surface area contributed by atoms with Gasteiger partial charge in [-0.3, -0.25) is 4.99 Å². The summed E-state index contributed by atoms with van der Waals surface area (Å²) in [6.07, 6.45) is 3.17. The number of guanidine groups is 1. The number of methoxy groups -OCH3 is 3. The fourth-order valence-corrected chi connectivity index (χ4v) is 3.84. The molecule has 2 heterocycles. The lowest BCUT2D eigenvalue weighted by atomic mass is 10.1. The molecule has 1 aromatic heterocycles. The van der Waals surface area contributed by atoms with Gasteiger partial charge in [-0.2, -0.15) is 0 Å². The number of hydrogen-bond donors (Lipinski definition) is 2. The summed E-state index contributed by atoms with van der Waals surface area (Å²) in [6.45, 7) is 4.75. The van der Waals surface area contributed by atoms with Crippen molar-refractivity contribution in [1.29, 1.82) is 0 Å². The smallest absolute Gasteiger partial charge is 0.203 e. The molecule has 0 spiro atoms. The number of aliphatic imine (C=N–C) groups is 1. The highest BCUT2D eigenvalue weighted by atomic mass is 19.1. The van der Waals surface area contributed by atoms with E-state index in [4.69, 9.17) is 19.2 Å². The van der Waals surface area contributed by atoms with E-state index in [1.165, 1.54) is 6.07 Å². The number of hydrogen-bond acceptors (Lipinski definition) is 6. The second-order valence-corrected chi connectivity index (χ2v) is 7.39. The molecule has 8 nitrogen and oxygen atoms in total. The number of halogens is 1. The van der Waals surface area contributed by atoms with Crippen LogP contribution in [0.5, 0.6) is 17.2 Å². The van der Waals surface area contributed by atoms with Gasteiger partial charge in [0.1, 0.15) is 0 Å². The van der Waals surface area contributed by atoms with Gasteiger partial charge in [0.05, 0.1) is 21.3 Å². The number of rotatable bonds is 9. The molecular formula is C23H32FN5O3. The Kier molecular flexibility index (Phi) is 8.35. The summed E-state index contributed by atoms with van der Waals surface area (Å²) in [5.41, 5.74) is 0.988. The van der Waals surface area contributed by atoms with Crippen molar-refractivity contribution in [3.63, 3.8) is 0 Å². The van der Waals surface area contributed by atoms with E-state index in [1.54, 1.807) is 33.6 Å². The fraction of sp³-hybridized carbons (Fsp3) is 0.478. The molecule has 9 heteroatoms. The van der Waals surface area contributed by atoms with Crippen LogP contribution in [0.3, 0.4) is 0 Å². The van der Waals surface area contributed by atoms with E-state index in [9.17, 15) is 4.39 Å². The highest BCUT2D eigenvalue weighted by molar-refractivity contribution is 5.80. The number of pyridine rings is 1. The predicted octanol–water partition coefficient (Wildman–Crippen LogP) is 2.62. The van der Waals surface area contributed by atoms with Gasteiger partial charge in [-0.15, -0.1) is 0 Å². The lowest BCUT2D eigenvalue weighted by molar-refractivity contribution is 0.322. The van der Waals surface area contributed by atoms with Gasteiger partial charge >= 0.3 is 0 Å². The summed E-state index contributed by atoms with van der Waals surface area (Å²) >= 11 is 0. The van der Waals surface area contributed by atoms with Crippen LogP contribution in [0.2, 0.25) is 0 Å². The number of aromatic nitrogens is 1. The molecule has 2 aromatic rings. The van der Waals surface area contributed by atoms with Crippen LogP contribution >= 0.6 is 0 Å². The third-order valence-electron chi connectivity index (χ3n) is 5.35. The fourth-order valence-electron chi connectivity index (χ4n) is 3.84. The highest BCUT2D eigenvalue weighted by Crippen LogP contribution is 2.39. The van der Waals surface area contributed by atoms with Crippen molar-refractivity contribution in [2.24, 2.45) is 4.99 Å². The molecule has 1 fully saturated rings. The molecule has 0 radical (unpaired) electrons. The molecule has 1 unspecified atom stereocenters. The Morgan fingerprint density at radius 2 is 2.00 bits per heavy atom. The standard InChI is InChI=1S/C23H32FN5O3/c1-5-25-23(28-17-11-14-29(15-17)22-18(24)7-6-12-26-22)27-13-10-16-8-9-19(30-2)21(32-4)20(16)31-3/h6-9,12,17H,5,10-11,13-15H2,1-4H3,(H2,25,27,28). The lowest BCUT2D eigenvalue weighted by Gasteiger charge is -2.20. The predicted molar refractivity (Wildman–Crippen MR) is 124 cm³/mol. The first-order valence-corrected chi connectivity index (χ1v) is 10.8. The van der Waals surface area contributed by atoms with E-state index in [-0.39, 0.29) is 11.9 Å². The number of anilines is 1. The van der Waals surface area contributed by atoms with Crippen LogP contribution in [0, 0.1) is 5.82 Å². The van der Waals surface area contributed by atoms with Crippen molar-refractivity contribution >= 4 is 11.8 Å². The Bertz CT molecular complexity index is 925. The van der Waals surface area contributed by atoms with Crippen LogP contribution in [-0.4, -0.2) is 64.5 Å². The minimum Gasteiger partial charge on any atom is -0.493 e. The maximum atomic E-state index is 14.1. The lowest BCUT2D eigenvalue weighted by Crippen LogP contribution is -2.44. The van der Waals surface area contributed by atoms with Crippen LogP contribution in [-0.2, 0) is 6.42 Å². The van der Waals surface area contributed by atoms with Crippen LogP contribution in [0.25, 0.3) is 0 Å². The average molecular weight is 446 g/mol. The van der Waals surface area contributed by atoms with E-state index in [0.717, 1.165) is 31.0 Å². The molecule has 1 atom stereocenters. The molecule has 32 heavy (non-hydrogen) atoms. The number of ether oxygens (including phenoxy) is 3. The average Bonchev–Trinajstić information content (AvgIpc) is 3.27. The third kappa shape index (κ3) is 5.52. The van der Waals surface area contributed by atoms with E-state index in [1.807, 2.05) is 24.0 Å². The van der Waals surface area contributed by atoms with Gasteiger partial charge < -0.3 is 29.7 Å².